The molecule has 1 heterocycles. The number of aliphatic hydroxyl groups is 1. The summed E-state index contributed by atoms with van der Waals surface area (Å²) >= 11 is 0. The summed E-state index contributed by atoms with van der Waals surface area (Å²) in [5, 5.41) is 10.1. The zero-order chi connectivity index (χ0) is 12.3. The van der Waals surface area contributed by atoms with Gasteiger partial charge in [-0.2, -0.15) is 0 Å². The summed E-state index contributed by atoms with van der Waals surface area (Å²) in [6.07, 6.45) is 7.46. The maximum absolute atomic E-state index is 10.1. The number of nitrogens with zero attached hydrogens (tertiary/aromatic N) is 2. The van der Waals surface area contributed by atoms with E-state index in [-0.39, 0.29) is 6.10 Å². The van der Waals surface area contributed by atoms with E-state index in [4.69, 9.17) is 0 Å². The van der Waals surface area contributed by atoms with Crippen molar-refractivity contribution in [2.45, 2.75) is 50.7 Å². The molecule has 0 spiro atoms. The van der Waals surface area contributed by atoms with Crippen molar-refractivity contribution in [1.82, 2.24) is 9.80 Å². The number of fused-ring (bicyclic) bond motifs is 1. The van der Waals surface area contributed by atoms with Crippen LogP contribution in [0.5, 0.6) is 0 Å². The number of hydrogen-bond donors (Lipinski definition) is 1. The highest BCUT2D eigenvalue weighted by atomic mass is 16.3. The maximum atomic E-state index is 10.1. The first kappa shape index (κ1) is 13.3. The summed E-state index contributed by atoms with van der Waals surface area (Å²) in [4.78, 5) is 4.91. The van der Waals surface area contributed by atoms with Crippen LogP contribution in [0, 0.1) is 5.92 Å². The van der Waals surface area contributed by atoms with E-state index in [1.165, 1.54) is 45.2 Å². The van der Waals surface area contributed by atoms with Crippen LogP contribution < -0.4 is 0 Å². The van der Waals surface area contributed by atoms with E-state index >= 15 is 0 Å². The Labute approximate surface area is 106 Å². The van der Waals surface area contributed by atoms with Crippen molar-refractivity contribution in [2.75, 3.05) is 33.7 Å². The minimum absolute atomic E-state index is 0.0228. The molecule has 1 aliphatic carbocycles. The molecule has 100 valence electrons. The number of aliphatic hydroxyl groups excluding tert-OH is 1. The maximum Gasteiger partial charge on any atom is 0.0595 e. The Kier molecular flexibility index (Phi) is 4.83. The van der Waals surface area contributed by atoms with Gasteiger partial charge in [0.05, 0.1) is 6.10 Å². The second-order valence-electron chi connectivity index (χ2n) is 6.06. The second-order valence-corrected chi connectivity index (χ2v) is 6.06. The molecule has 2 rings (SSSR count). The molecule has 1 aliphatic heterocycles. The zero-order valence-electron chi connectivity index (χ0n) is 11.4. The first-order valence-corrected chi connectivity index (χ1v) is 7.25. The highest BCUT2D eigenvalue weighted by Crippen LogP contribution is 2.35. The summed E-state index contributed by atoms with van der Waals surface area (Å²) in [7, 11) is 4.28. The molecule has 0 unspecified atom stereocenters. The third-order valence-electron chi connectivity index (χ3n) is 4.51. The molecule has 3 heteroatoms. The van der Waals surface area contributed by atoms with Crippen LogP contribution in [0.4, 0.5) is 0 Å². The lowest BCUT2D eigenvalue weighted by Gasteiger charge is -2.46. The monoisotopic (exact) mass is 240 g/mol. The molecule has 0 aromatic carbocycles. The fourth-order valence-electron chi connectivity index (χ4n) is 3.59. The fraction of sp³-hybridized carbons (Fsp3) is 1.00. The standard InChI is InChI=1S/C14H28N2O/c1-15(2)9-5-10-16-11-8-14(17)12-6-3-4-7-13(12)16/h12-14,17H,3-11H2,1-2H3/t12-,13-,14-/m0/s1. The van der Waals surface area contributed by atoms with E-state index in [0.29, 0.717) is 12.0 Å². The van der Waals surface area contributed by atoms with Gasteiger partial charge in [-0.3, -0.25) is 4.90 Å². The van der Waals surface area contributed by atoms with Gasteiger partial charge in [0.25, 0.3) is 0 Å². The molecule has 0 radical (unpaired) electrons. The molecular formula is C14H28N2O. The van der Waals surface area contributed by atoms with Gasteiger partial charge in [0.2, 0.25) is 0 Å². The lowest BCUT2D eigenvalue weighted by Crippen LogP contribution is -2.52. The average Bonchev–Trinajstić information content (AvgIpc) is 2.32. The van der Waals surface area contributed by atoms with Crippen LogP contribution in [-0.4, -0.2) is 60.8 Å². The largest absolute Gasteiger partial charge is 0.393 e. The van der Waals surface area contributed by atoms with Crippen LogP contribution in [0.2, 0.25) is 0 Å². The molecule has 1 saturated carbocycles. The van der Waals surface area contributed by atoms with E-state index in [0.717, 1.165) is 13.0 Å². The van der Waals surface area contributed by atoms with E-state index in [2.05, 4.69) is 23.9 Å². The molecule has 0 aromatic heterocycles. The quantitative estimate of drug-likeness (QED) is 0.808. The molecule has 2 fully saturated rings. The predicted molar refractivity (Wildman–Crippen MR) is 71.1 cm³/mol. The van der Waals surface area contributed by atoms with Gasteiger partial charge in [0.1, 0.15) is 0 Å². The number of rotatable bonds is 4. The Morgan fingerprint density at radius 3 is 2.71 bits per heavy atom. The smallest absolute Gasteiger partial charge is 0.0595 e. The van der Waals surface area contributed by atoms with Crippen LogP contribution in [0.15, 0.2) is 0 Å². The summed E-state index contributed by atoms with van der Waals surface area (Å²) in [6, 6.07) is 0.676. The van der Waals surface area contributed by atoms with Crippen molar-refractivity contribution >= 4 is 0 Å². The summed E-state index contributed by atoms with van der Waals surface area (Å²) < 4.78 is 0. The van der Waals surface area contributed by atoms with Gasteiger partial charge in [0.15, 0.2) is 0 Å². The van der Waals surface area contributed by atoms with Crippen LogP contribution in [-0.2, 0) is 0 Å². The van der Waals surface area contributed by atoms with Crippen molar-refractivity contribution in [2.24, 2.45) is 5.92 Å². The van der Waals surface area contributed by atoms with Gasteiger partial charge < -0.3 is 10.0 Å². The Balaban J connectivity index is 1.84. The molecule has 17 heavy (non-hydrogen) atoms. The number of hydrogen-bond acceptors (Lipinski definition) is 3. The minimum Gasteiger partial charge on any atom is -0.393 e. The predicted octanol–water partition coefficient (Wildman–Crippen LogP) is 1.56. The van der Waals surface area contributed by atoms with Crippen molar-refractivity contribution in [3.05, 3.63) is 0 Å². The molecule has 3 nitrogen and oxygen atoms in total. The van der Waals surface area contributed by atoms with E-state index in [1.54, 1.807) is 0 Å². The first-order valence-electron chi connectivity index (χ1n) is 7.25. The van der Waals surface area contributed by atoms with Gasteiger partial charge in [-0.1, -0.05) is 12.8 Å². The second kappa shape index (κ2) is 6.17. The molecule has 1 saturated heterocycles. The summed E-state index contributed by atoms with van der Waals surface area (Å²) in [6.45, 7) is 3.50. The Morgan fingerprint density at radius 2 is 1.94 bits per heavy atom. The summed E-state index contributed by atoms with van der Waals surface area (Å²) in [5.74, 6) is 0.567. The van der Waals surface area contributed by atoms with Crippen molar-refractivity contribution in [3.8, 4) is 0 Å². The zero-order valence-corrected chi connectivity index (χ0v) is 11.4. The Bertz CT molecular complexity index is 232. The molecular weight excluding hydrogens is 212 g/mol. The van der Waals surface area contributed by atoms with E-state index < -0.39 is 0 Å². The third kappa shape index (κ3) is 3.43. The van der Waals surface area contributed by atoms with Crippen molar-refractivity contribution in [3.63, 3.8) is 0 Å². The highest BCUT2D eigenvalue weighted by molar-refractivity contribution is 4.91. The molecule has 0 aromatic rings. The fourth-order valence-corrected chi connectivity index (χ4v) is 3.59. The molecule has 0 amide bonds. The van der Waals surface area contributed by atoms with Crippen LogP contribution in [0.25, 0.3) is 0 Å². The summed E-state index contributed by atoms with van der Waals surface area (Å²) in [5.41, 5.74) is 0. The molecule has 2 aliphatic rings. The Morgan fingerprint density at radius 1 is 1.18 bits per heavy atom. The van der Waals surface area contributed by atoms with Crippen LogP contribution in [0.3, 0.4) is 0 Å². The molecule has 0 bridgehead atoms. The van der Waals surface area contributed by atoms with Gasteiger partial charge in [-0.05, 0) is 52.9 Å². The average molecular weight is 240 g/mol. The van der Waals surface area contributed by atoms with Gasteiger partial charge >= 0.3 is 0 Å². The topological polar surface area (TPSA) is 26.7 Å². The number of likely N-dealkylation sites (tertiary alicyclic amines) is 1. The number of piperidine rings is 1. The first-order chi connectivity index (χ1) is 8.18. The molecule has 3 atom stereocenters. The van der Waals surface area contributed by atoms with Crippen LogP contribution in [0.1, 0.15) is 38.5 Å². The SMILES string of the molecule is CN(C)CCCN1CC[C@H](O)[C@H]2CCCC[C@@H]21. The van der Waals surface area contributed by atoms with Gasteiger partial charge in [-0.15, -0.1) is 0 Å². The minimum atomic E-state index is -0.0228. The van der Waals surface area contributed by atoms with E-state index in [9.17, 15) is 5.11 Å². The van der Waals surface area contributed by atoms with Crippen molar-refractivity contribution in [1.29, 1.82) is 0 Å². The van der Waals surface area contributed by atoms with E-state index in [1.807, 2.05) is 0 Å². The van der Waals surface area contributed by atoms with Crippen LogP contribution >= 0.6 is 0 Å². The Hall–Kier alpha value is -0.120. The highest BCUT2D eigenvalue weighted by Gasteiger charge is 2.37. The third-order valence-corrected chi connectivity index (χ3v) is 4.51. The van der Waals surface area contributed by atoms with Gasteiger partial charge in [-0.25, -0.2) is 0 Å². The normalized spacial score (nSPS) is 34.9. The molecule has 1 N–H and O–H groups in total. The lowest BCUT2D eigenvalue weighted by atomic mass is 9.76. The van der Waals surface area contributed by atoms with Crippen molar-refractivity contribution < 1.29 is 5.11 Å². The van der Waals surface area contributed by atoms with Gasteiger partial charge in [0, 0.05) is 18.5 Å². The lowest BCUT2D eigenvalue weighted by molar-refractivity contribution is -0.0364.